The molecule has 24 heavy (non-hydrogen) atoms. The molecule has 0 aliphatic carbocycles. The number of anilines is 1. The van der Waals surface area contributed by atoms with Gasteiger partial charge in [-0.1, -0.05) is 30.3 Å². The van der Waals surface area contributed by atoms with Crippen LogP contribution in [0.4, 0.5) is 23.7 Å². The first-order chi connectivity index (χ1) is 11.4. The molecule has 4 nitrogen and oxygen atoms in total. The number of carbonyl (C=O) groups excluding carboxylic acids is 1. The van der Waals surface area contributed by atoms with Crippen molar-refractivity contribution in [3.63, 3.8) is 0 Å². The summed E-state index contributed by atoms with van der Waals surface area (Å²) in [7, 11) is 0. The zero-order valence-corrected chi connectivity index (χ0v) is 13.0. The lowest BCUT2D eigenvalue weighted by Crippen LogP contribution is -2.32. The van der Waals surface area contributed by atoms with Gasteiger partial charge in [-0.25, -0.2) is 4.79 Å². The zero-order chi connectivity index (χ0) is 17.6. The van der Waals surface area contributed by atoms with Crippen molar-refractivity contribution < 1.29 is 22.7 Å². The molecule has 0 aliphatic rings. The maximum Gasteiger partial charge on any atom is 0.418 e. The number of benzene rings is 2. The predicted octanol–water partition coefficient (Wildman–Crippen LogP) is 4.21. The first-order valence-electron chi connectivity index (χ1n) is 7.27. The summed E-state index contributed by atoms with van der Waals surface area (Å²) in [5.74, 6) is 0.696. The molecule has 0 fully saturated rings. The molecule has 0 spiro atoms. The summed E-state index contributed by atoms with van der Waals surface area (Å²) in [5.41, 5.74) is -0.223. The van der Waals surface area contributed by atoms with Gasteiger partial charge in [-0.3, -0.25) is 0 Å². The number of aryl methyl sites for hydroxylation is 1. The average Bonchev–Trinajstić information content (AvgIpc) is 2.52. The third-order valence-corrected chi connectivity index (χ3v) is 3.22. The lowest BCUT2D eigenvalue weighted by atomic mass is 10.1. The van der Waals surface area contributed by atoms with E-state index in [0.717, 1.165) is 11.6 Å². The Balaban J connectivity index is 1.83. The minimum absolute atomic E-state index is 0.161. The van der Waals surface area contributed by atoms with Gasteiger partial charge >= 0.3 is 12.2 Å². The second-order valence-electron chi connectivity index (χ2n) is 5.04. The van der Waals surface area contributed by atoms with Crippen molar-refractivity contribution in [2.45, 2.75) is 13.1 Å². The van der Waals surface area contributed by atoms with E-state index in [1.54, 1.807) is 6.07 Å². The normalized spacial score (nSPS) is 11.0. The van der Waals surface area contributed by atoms with Crippen molar-refractivity contribution in [2.24, 2.45) is 0 Å². The molecule has 0 saturated carbocycles. The third-order valence-electron chi connectivity index (χ3n) is 3.22. The molecule has 0 heterocycles. The maximum atomic E-state index is 12.8. The van der Waals surface area contributed by atoms with E-state index < -0.39 is 17.8 Å². The molecule has 0 atom stereocenters. The maximum absolute atomic E-state index is 12.8. The summed E-state index contributed by atoms with van der Waals surface area (Å²) in [6.45, 7) is 2.26. The van der Waals surface area contributed by atoms with Gasteiger partial charge in [0.15, 0.2) is 0 Å². The van der Waals surface area contributed by atoms with Crippen LogP contribution in [0.2, 0.25) is 0 Å². The Hall–Kier alpha value is -2.70. The molecule has 7 heteroatoms. The van der Waals surface area contributed by atoms with Crippen molar-refractivity contribution >= 4 is 11.7 Å². The van der Waals surface area contributed by atoms with Crippen molar-refractivity contribution in [3.8, 4) is 5.75 Å². The second kappa shape index (κ2) is 7.72. The van der Waals surface area contributed by atoms with E-state index in [9.17, 15) is 18.0 Å². The molecule has 128 valence electrons. The molecule has 0 unspecified atom stereocenters. The number of nitrogens with one attached hydrogen (secondary N) is 2. The smallest absolute Gasteiger partial charge is 0.418 e. The highest BCUT2D eigenvalue weighted by atomic mass is 19.4. The Labute approximate surface area is 137 Å². The quantitative estimate of drug-likeness (QED) is 0.802. The van der Waals surface area contributed by atoms with Crippen LogP contribution in [0.3, 0.4) is 0 Å². The van der Waals surface area contributed by atoms with Gasteiger partial charge in [0, 0.05) is 0 Å². The van der Waals surface area contributed by atoms with Crippen LogP contribution in [0.25, 0.3) is 0 Å². The summed E-state index contributed by atoms with van der Waals surface area (Å²) in [6.07, 6.45) is -4.53. The Bertz CT molecular complexity index is 702. The molecule has 0 aromatic heterocycles. The number of urea groups is 1. The summed E-state index contributed by atoms with van der Waals surface area (Å²) in [4.78, 5) is 11.7. The van der Waals surface area contributed by atoms with Gasteiger partial charge in [0.25, 0.3) is 0 Å². The van der Waals surface area contributed by atoms with E-state index in [1.165, 1.54) is 18.2 Å². The highest BCUT2D eigenvalue weighted by molar-refractivity contribution is 5.90. The zero-order valence-electron chi connectivity index (χ0n) is 13.0. The number of para-hydroxylation sites is 2. The fourth-order valence-corrected chi connectivity index (χ4v) is 2.05. The molecule has 0 saturated heterocycles. The first-order valence-corrected chi connectivity index (χ1v) is 7.27. The number of hydrogen-bond donors (Lipinski definition) is 2. The molecule has 0 bridgehead atoms. The molecule has 0 radical (unpaired) electrons. The molecular formula is C17H17F3N2O2. The van der Waals surface area contributed by atoms with Crippen LogP contribution in [0.15, 0.2) is 48.5 Å². The summed E-state index contributed by atoms with van der Waals surface area (Å²) in [5, 5.41) is 4.66. The van der Waals surface area contributed by atoms with Crippen molar-refractivity contribution in [3.05, 3.63) is 59.7 Å². The van der Waals surface area contributed by atoms with Gasteiger partial charge in [-0.05, 0) is 30.7 Å². The number of carbonyl (C=O) groups is 1. The van der Waals surface area contributed by atoms with Crippen molar-refractivity contribution in [2.75, 3.05) is 18.5 Å². The van der Waals surface area contributed by atoms with Crippen LogP contribution in [-0.2, 0) is 6.18 Å². The van der Waals surface area contributed by atoms with Gasteiger partial charge in [-0.2, -0.15) is 13.2 Å². The highest BCUT2D eigenvalue weighted by Crippen LogP contribution is 2.34. The minimum atomic E-state index is -4.53. The number of alkyl halides is 3. The molecule has 2 N–H and O–H groups in total. The van der Waals surface area contributed by atoms with Crippen LogP contribution >= 0.6 is 0 Å². The van der Waals surface area contributed by atoms with Crippen molar-refractivity contribution in [1.82, 2.24) is 5.32 Å². The fraction of sp³-hybridized carbons (Fsp3) is 0.235. The number of halogens is 3. The largest absolute Gasteiger partial charge is 0.491 e. The van der Waals surface area contributed by atoms with E-state index >= 15 is 0 Å². The van der Waals surface area contributed by atoms with E-state index in [2.05, 4.69) is 10.6 Å². The van der Waals surface area contributed by atoms with Crippen LogP contribution in [-0.4, -0.2) is 19.2 Å². The predicted molar refractivity (Wildman–Crippen MR) is 85.1 cm³/mol. The number of hydrogen-bond acceptors (Lipinski definition) is 2. The molecule has 2 amide bonds. The summed E-state index contributed by atoms with van der Waals surface area (Å²) >= 11 is 0. The van der Waals surface area contributed by atoms with Gasteiger partial charge in [0.05, 0.1) is 17.8 Å². The standard InChI is InChI=1S/C17H17F3N2O2/c1-12-6-2-5-9-15(12)24-11-10-21-16(23)22-14-8-4-3-7-13(14)17(18,19)20/h2-9H,10-11H2,1H3,(H2,21,22,23). The highest BCUT2D eigenvalue weighted by Gasteiger charge is 2.33. The third kappa shape index (κ3) is 4.91. The summed E-state index contributed by atoms with van der Waals surface area (Å²) < 4.78 is 44.0. The lowest BCUT2D eigenvalue weighted by Gasteiger charge is -2.14. The number of rotatable bonds is 5. The van der Waals surface area contributed by atoms with E-state index in [0.29, 0.717) is 5.75 Å². The number of amides is 2. The second-order valence-corrected chi connectivity index (χ2v) is 5.04. The van der Waals surface area contributed by atoms with Crippen molar-refractivity contribution in [1.29, 1.82) is 0 Å². The average molecular weight is 338 g/mol. The summed E-state index contributed by atoms with van der Waals surface area (Å²) in [6, 6.07) is 11.5. The van der Waals surface area contributed by atoms with Crippen LogP contribution < -0.4 is 15.4 Å². The van der Waals surface area contributed by atoms with E-state index in [-0.39, 0.29) is 18.8 Å². The molecule has 0 aliphatic heterocycles. The molecular weight excluding hydrogens is 321 g/mol. The number of ether oxygens (including phenoxy) is 1. The van der Waals surface area contributed by atoms with E-state index in [4.69, 9.17) is 4.74 Å². The van der Waals surface area contributed by atoms with Crippen LogP contribution in [0, 0.1) is 6.92 Å². The minimum Gasteiger partial charge on any atom is -0.491 e. The topological polar surface area (TPSA) is 50.4 Å². The Morgan fingerprint density at radius 2 is 1.75 bits per heavy atom. The Morgan fingerprint density at radius 1 is 1.08 bits per heavy atom. The molecule has 2 aromatic carbocycles. The SMILES string of the molecule is Cc1ccccc1OCCNC(=O)Nc1ccccc1C(F)(F)F. The Morgan fingerprint density at radius 3 is 2.46 bits per heavy atom. The molecule has 2 rings (SSSR count). The Kier molecular flexibility index (Phi) is 5.68. The van der Waals surface area contributed by atoms with Gasteiger partial charge in [0.2, 0.25) is 0 Å². The van der Waals surface area contributed by atoms with Crippen LogP contribution in [0.5, 0.6) is 5.75 Å². The van der Waals surface area contributed by atoms with Gasteiger partial charge in [-0.15, -0.1) is 0 Å². The van der Waals surface area contributed by atoms with Gasteiger partial charge < -0.3 is 15.4 Å². The first kappa shape index (κ1) is 17.7. The fourth-order valence-electron chi connectivity index (χ4n) is 2.05. The monoisotopic (exact) mass is 338 g/mol. The van der Waals surface area contributed by atoms with Crippen LogP contribution in [0.1, 0.15) is 11.1 Å². The van der Waals surface area contributed by atoms with Gasteiger partial charge in [0.1, 0.15) is 12.4 Å². The molecule has 2 aromatic rings. The van der Waals surface area contributed by atoms with E-state index in [1.807, 2.05) is 25.1 Å². The lowest BCUT2D eigenvalue weighted by molar-refractivity contribution is -0.136.